The summed E-state index contributed by atoms with van der Waals surface area (Å²) in [7, 11) is 0. The standard InChI is InChI=1S/C25H27N3O/c1-27-24(19-26)21-17-23(29-25(18-21)13-3-2-4-14-25)12-9-20-7-10-22(11-8-20)28-15-5-6-16-28/h7-12,17H,2-6,13-16,18H2. The summed E-state index contributed by atoms with van der Waals surface area (Å²) in [5.41, 5.74) is 3.17. The Morgan fingerprint density at radius 2 is 1.79 bits per heavy atom. The summed E-state index contributed by atoms with van der Waals surface area (Å²) in [5, 5.41) is 9.36. The van der Waals surface area contributed by atoms with E-state index < -0.39 is 0 Å². The molecular weight excluding hydrogens is 358 g/mol. The summed E-state index contributed by atoms with van der Waals surface area (Å²) in [6, 6.07) is 10.7. The molecule has 2 heterocycles. The fourth-order valence-corrected chi connectivity index (χ4v) is 4.71. The van der Waals surface area contributed by atoms with Crippen LogP contribution in [-0.4, -0.2) is 18.7 Å². The highest BCUT2D eigenvalue weighted by atomic mass is 16.5. The molecule has 3 aliphatic rings. The predicted molar refractivity (Wildman–Crippen MR) is 116 cm³/mol. The first-order chi connectivity index (χ1) is 14.2. The zero-order chi connectivity index (χ0) is 20.1. The third-order valence-electron chi connectivity index (χ3n) is 6.25. The van der Waals surface area contributed by atoms with Crippen LogP contribution in [0.3, 0.4) is 0 Å². The highest BCUT2D eigenvalue weighted by Crippen LogP contribution is 2.43. The molecule has 0 atom stereocenters. The highest BCUT2D eigenvalue weighted by molar-refractivity contribution is 5.58. The molecule has 1 spiro atoms. The summed E-state index contributed by atoms with van der Waals surface area (Å²) in [6.45, 7) is 9.64. The van der Waals surface area contributed by atoms with Gasteiger partial charge in [-0.25, -0.2) is 10.1 Å². The minimum Gasteiger partial charge on any atom is -0.487 e. The van der Waals surface area contributed by atoms with Crippen molar-refractivity contribution in [2.75, 3.05) is 18.0 Å². The Bertz CT molecular complexity index is 896. The van der Waals surface area contributed by atoms with Crippen LogP contribution in [0.25, 0.3) is 10.9 Å². The molecule has 0 bridgehead atoms. The van der Waals surface area contributed by atoms with E-state index in [0.29, 0.717) is 6.42 Å². The Hall–Kier alpha value is -2.98. The van der Waals surface area contributed by atoms with E-state index in [-0.39, 0.29) is 11.3 Å². The van der Waals surface area contributed by atoms with Crippen molar-refractivity contribution in [1.82, 2.24) is 0 Å². The molecule has 4 rings (SSSR count). The molecule has 2 aliphatic heterocycles. The number of ether oxygens (including phenoxy) is 1. The molecular formula is C25H27N3O. The largest absolute Gasteiger partial charge is 0.487 e. The molecule has 4 heteroatoms. The summed E-state index contributed by atoms with van der Waals surface area (Å²) < 4.78 is 6.43. The molecule has 148 valence electrons. The number of hydrogen-bond donors (Lipinski definition) is 0. The van der Waals surface area contributed by atoms with Gasteiger partial charge in [-0.1, -0.05) is 24.6 Å². The Labute approximate surface area is 173 Å². The topological polar surface area (TPSA) is 40.6 Å². The van der Waals surface area contributed by atoms with Crippen LogP contribution >= 0.6 is 0 Å². The van der Waals surface area contributed by atoms with Crippen molar-refractivity contribution in [3.8, 4) is 6.07 Å². The van der Waals surface area contributed by atoms with Gasteiger partial charge in [-0.05, 0) is 73.9 Å². The lowest BCUT2D eigenvalue weighted by atomic mass is 9.78. The van der Waals surface area contributed by atoms with Crippen molar-refractivity contribution >= 4 is 11.8 Å². The fraction of sp³-hybridized carbons (Fsp3) is 0.440. The van der Waals surface area contributed by atoms with Gasteiger partial charge in [-0.15, -0.1) is 0 Å². The van der Waals surface area contributed by atoms with Gasteiger partial charge < -0.3 is 9.64 Å². The molecule has 0 N–H and O–H groups in total. The van der Waals surface area contributed by atoms with E-state index in [9.17, 15) is 5.26 Å². The van der Waals surface area contributed by atoms with E-state index >= 15 is 0 Å². The summed E-state index contributed by atoms with van der Waals surface area (Å²) in [5.74, 6) is 0.758. The summed E-state index contributed by atoms with van der Waals surface area (Å²) in [6.07, 6.45) is 14.6. The fourth-order valence-electron chi connectivity index (χ4n) is 4.71. The van der Waals surface area contributed by atoms with E-state index in [1.165, 1.54) is 24.9 Å². The minimum atomic E-state index is -0.256. The molecule has 29 heavy (non-hydrogen) atoms. The van der Waals surface area contributed by atoms with Crippen molar-refractivity contribution in [3.05, 3.63) is 70.4 Å². The molecule has 0 radical (unpaired) electrons. The third-order valence-corrected chi connectivity index (χ3v) is 6.25. The van der Waals surface area contributed by atoms with Crippen LogP contribution in [0.1, 0.15) is 56.9 Å². The van der Waals surface area contributed by atoms with Crippen molar-refractivity contribution in [3.63, 3.8) is 0 Å². The Morgan fingerprint density at radius 3 is 2.45 bits per heavy atom. The Morgan fingerprint density at radius 1 is 1.07 bits per heavy atom. The predicted octanol–water partition coefficient (Wildman–Crippen LogP) is 6.00. The molecule has 0 unspecified atom stereocenters. The van der Waals surface area contributed by atoms with Crippen LogP contribution in [0.15, 0.2) is 53.4 Å². The number of anilines is 1. The lowest BCUT2D eigenvalue weighted by Crippen LogP contribution is -2.37. The molecule has 1 saturated heterocycles. The maximum atomic E-state index is 9.36. The van der Waals surface area contributed by atoms with Crippen molar-refractivity contribution in [2.24, 2.45) is 0 Å². The van der Waals surface area contributed by atoms with Crippen molar-refractivity contribution in [2.45, 2.75) is 57.0 Å². The second-order valence-corrected chi connectivity index (χ2v) is 8.29. The number of hydrogen-bond acceptors (Lipinski definition) is 3. The van der Waals surface area contributed by atoms with Gasteiger partial charge in [0.2, 0.25) is 0 Å². The lowest BCUT2D eigenvalue weighted by Gasteiger charge is -2.41. The van der Waals surface area contributed by atoms with Gasteiger partial charge in [0.05, 0.1) is 12.6 Å². The van der Waals surface area contributed by atoms with Gasteiger partial charge in [-0.3, -0.25) is 0 Å². The lowest BCUT2D eigenvalue weighted by molar-refractivity contribution is -0.0285. The average Bonchev–Trinajstić information content (AvgIpc) is 3.29. The summed E-state index contributed by atoms with van der Waals surface area (Å²) in [4.78, 5) is 5.88. The van der Waals surface area contributed by atoms with Crippen LogP contribution in [0.2, 0.25) is 0 Å². The first kappa shape index (κ1) is 19.3. The van der Waals surface area contributed by atoms with Gasteiger partial charge in [-0.2, -0.15) is 0 Å². The van der Waals surface area contributed by atoms with E-state index in [2.05, 4.69) is 46.2 Å². The molecule has 1 aliphatic carbocycles. The first-order valence-corrected chi connectivity index (χ1v) is 10.7. The monoisotopic (exact) mass is 385 g/mol. The smallest absolute Gasteiger partial charge is 0.265 e. The van der Waals surface area contributed by atoms with Gasteiger partial charge >= 0.3 is 0 Å². The molecule has 1 aromatic rings. The van der Waals surface area contributed by atoms with Crippen LogP contribution in [0, 0.1) is 17.9 Å². The van der Waals surface area contributed by atoms with Crippen LogP contribution in [0.4, 0.5) is 5.69 Å². The highest BCUT2D eigenvalue weighted by Gasteiger charge is 2.38. The van der Waals surface area contributed by atoms with E-state index in [4.69, 9.17) is 11.3 Å². The molecule has 4 nitrogen and oxygen atoms in total. The average molecular weight is 386 g/mol. The SMILES string of the molecule is [C-]#[N+]C(C#N)=C1C=C(C=Cc2ccc(N3CCCC3)cc2)OC2(CCCCC2)C1. The Balaban J connectivity index is 1.56. The maximum Gasteiger partial charge on any atom is 0.265 e. The van der Waals surface area contributed by atoms with Crippen LogP contribution in [0.5, 0.6) is 0 Å². The first-order valence-electron chi connectivity index (χ1n) is 10.7. The van der Waals surface area contributed by atoms with Gasteiger partial charge in [0.25, 0.3) is 5.70 Å². The number of allylic oxidation sites excluding steroid dienone is 3. The molecule has 1 aromatic carbocycles. The number of benzene rings is 1. The number of rotatable bonds is 3. The molecule has 1 saturated carbocycles. The quantitative estimate of drug-likeness (QED) is 0.473. The van der Waals surface area contributed by atoms with Gasteiger partial charge in [0.1, 0.15) is 11.4 Å². The molecule has 2 fully saturated rings. The van der Waals surface area contributed by atoms with Crippen LogP contribution < -0.4 is 4.90 Å². The zero-order valence-corrected chi connectivity index (χ0v) is 16.9. The minimum absolute atomic E-state index is 0.194. The van der Waals surface area contributed by atoms with Crippen molar-refractivity contribution in [1.29, 1.82) is 5.26 Å². The van der Waals surface area contributed by atoms with E-state index in [1.54, 1.807) is 0 Å². The second-order valence-electron chi connectivity index (χ2n) is 8.29. The number of nitriles is 1. The third kappa shape index (κ3) is 4.38. The number of nitrogens with zero attached hydrogens (tertiary/aromatic N) is 3. The normalized spacial score (nSPS) is 22.7. The summed E-state index contributed by atoms with van der Waals surface area (Å²) >= 11 is 0. The van der Waals surface area contributed by atoms with E-state index in [0.717, 1.165) is 55.7 Å². The zero-order valence-electron chi connectivity index (χ0n) is 16.9. The van der Waals surface area contributed by atoms with Crippen molar-refractivity contribution < 1.29 is 4.74 Å². The second kappa shape index (κ2) is 8.58. The van der Waals surface area contributed by atoms with Crippen LogP contribution in [-0.2, 0) is 4.74 Å². The Kier molecular flexibility index (Phi) is 5.72. The van der Waals surface area contributed by atoms with Gasteiger partial charge in [0, 0.05) is 25.2 Å². The molecule has 0 amide bonds. The van der Waals surface area contributed by atoms with E-state index in [1.807, 2.05) is 12.2 Å². The maximum absolute atomic E-state index is 9.36. The molecule has 0 aromatic heterocycles. The van der Waals surface area contributed by atoms with Gasteiger partial charge in [0.15, 0.2) is 0 Å².